The number of nitrogens with two attached hydrogens (primary N) is 1. The summed E-state index contributed by atoms with van der Waals surface area (Å²) in [6.07, 6.45) is 0.415. The zero-order valence-corrected chi connectivity index (χ0v) is 6.45. The highest BCUT2D eigenvalue weighted by Gasteiger charge is 2.38. The van der Waals surface area contributed by atoms with Gasteiger partial charge in [-0.15, -0.1) is 0 Å². The average molecular weight is 164 g/mol. The van der Waals surface area contributed by atoms with Gasteiger partial charge in [0.15, 0.2) is 0 Å². The lowest BCUT2D eigenvalue weighted by Gasteiger charge is -2.22. The predicted molar refractivity (Wildman–Crippen MR) is 39.6 cm³/mol. The molecule has 3 N–H and O–H groups in total. The molecule has 1 aliphatic rings. The third-order valence-electron chi connectivity index (χ3n) is 2.19. The molecule has 0 radical (unpaired) electrons. The monoisotopic (exact) mass is 164 g/mol. The summed E-state index contributed by atoms with van der Waals surface area (Å²) < 4.78 is 26.0. The molecule has 1 fully saturated rings. The van der Waals surface area contributed by atoms with Gasteiger partial charge < -0.3 is 11.1 Å². The van der Waals surface area contributed by atoms with E-state index in [1.807, 2.05) is 0 Å². The standard InChI is InChI=1S/C7H14F2N2/c8-7(9)2-4-11-3-1-6(7)5-10/h6,11H,1-5,10H2. The molecule has 0 spiro atoms. The first-order chi connectivity index (χ1) is 5.17. The normalized spacial score (nSPS) is 31.4. The number of alkyl halides is 2. The van der Waals surface area contributed by atoms with Crippen molar-refractivity contribution >= 4 is 0 Å². The maximum atomic E-state index is 13.0. The Bertz CT molecular complexity index is 128. The van der Waals surface area contributed by atoms with Gasteiger partial charge in [0.2, 0.25) is 0 Å². The number of halogens is 2. The van der Waals surface area contributed by atoms with Crippen LogP contribution in [-0.2, 0) is 0 Å². The van der Waals surface area contributed by atoms with E-state index in [-0.39, 0.29) is 13.0 Å². The molecule has 1 heterocycles. The maximum absolute atomic E-state index is 13.0. The van der Waals surface area contributed by atoms with Crippen LogP contribution in [-0.4, -0.2) is 25.6 Å². The van der Waals surface area contributed by atoms with Gasteiger partial charge in [-0.25, -0.2) is 8.78 Å². The molecule has 1 aliphatic heterocycles. The van der Waals surface area contributed by atoms with Crippen molar-refractivity contribution < 1.29 is 8.78 Å². The van der Waals surface area contributed by atoms with E-state index in [1.165, 1.54) is 0 Å². The summed E-state index contributed by atoms with van der Waals surface area (Å²) in [5.41, 5.74) is 5.24. The number of nitrogens with one attached hydrogen (secondary N) is 1. The molecular weight excluding hydrogens is 150 g/mol. The summed E-state index contributed by atoms with van der Waals surface area (Å²) in [4.78, 5) is 0. The Kier molecular flexibility index (Phi) is 2.78. The maximum Gasteiger partial charge on any atom is 0.253 e. The third-order valence-corrected chi connectivity index (χ3v) is 2.19. The van der Waals surface area contributed by atoms with E-state index >= 15 is 0 Å². The first kappa shape index (κ1) is 8.87. The average Bonchev–Trinajstić information content (AvgIpc) is 2.10. The number of rotatable bonds is 1. The van der Waals surface area contributed by atoms with Crippen molar-refractivity contribution in [1.29, 1.82) is 0 Å². The van der Waals surface area contributed by atoms with Crippen LogP contribution in [0.25, 0.3) is 0 Å². The zero-order chi connectivity index (χ0) is 8.32. The molecule has 0 aromatic carbocycles. The fourth-order valence-corrected chi connectivity index (χ4v) is 1.36. The van der Waals surface area contributed by atoms with Crippen LogP contribution in [0.1, 0.15) is 12.8 Å². The van der Waals surface area contributed by atoms with Crippen molar-refractivity contribution in [2.24, 2.45) is 11.7 Å². The zero-order valence-electron chi connectivity index (χ0n) is 6.45. The van der Waals surface area contributed by atoms with E-state index in [0.717, 1.165) is 0 Å². The minimum atomic E-state index is -2.56. The van der Waals surface area contributed by atoms with Crippen molar-refractivity contribution in [2.75, 3.05) is 19.6 Å². The summed E-state index contributed by atoms with van der Waals surface area (Å²) in [7, 11) is 0. The minimum Gasteiger partial charge on any atom is -0.330 e. The van der Waals surface area contributed by atoms with Gasteiger partial charge in [0.25, 0.3) is 5.92 Å². The Hall–Kier alpha value is -0.220. The van der Waals surface area contributed by atoms with Gasteiger partial charge in [-0.3, -0.25) is 0 Å². The van der Waals surface area contributed by atoms with Gasteiger partial charge >= 0.3 is 0 Å². The van der Waals surface area contributed by atoms with Gasteiger partial charge in [0.1, 0.15) is 0 Å². The molecule has 0 amide bonds. The lowest BCUT2D eigenvalue weighted by Crippen LogP contribution is -2.33. The van der Waals surface area contributed by atoms with Crippen molar-refractivity contribution in [3.8, 4) is 0 Å². The van der Waals surface area contributed by atoms with E-state index in [0.29, 0.717) is 19.5 Å². The summed E-state index contributed by atoms with van der Waals surface area (Å²) in [6.45, 7) is 1.16. The van der Waals surface area contributed by atoms with Crippen molar-refractivity contribution in [3.63, 3.8) is 0 Å². The van der Waals surface area contributed by atoms with Crippen LogP contribution in [0.15, 0.2) is 0 Å². The van der Waals surface area contributed by atoms with Gasteiger partial charge in [-0.2, -0.15) is 0 Å². The van der Waals surface area contributed by atoms with Crippen LogP contribution < -0.4 is 11.1 Å². The first-order valence-electron chi connectivity index (χ1n) is 3.95. The highest BCUT2D eigenvalue weighted by atomic mass is 19.3. The quantitative estimate of drug-likeness (QED) is 0.595. The molecule has 11 heavy (non-hydrogen) atoms. The van der Waals surface area contributed by atoms with Crippen LogP contribution in [0, 0.1) is 5.92 Å². The predicted octanol–water partition coefficient (Wildman–Crippen LogP) is 0.580. The van der Waals surface area contributed by atoms with Crippen molar-refractivity contribution in [1.82, 2.24) is 5.32 Å². The van der Waals surface area contributed by atoms with E-state index in [1.54, 1.807) is 0 Å². The first-order valence-corrected chi connectivity index (χ1v) is 3.95. The minimum absolute atomic E-state index is 0.0745. The Balaban J connectivity index is 2.56. The number of hydrogen-bond acceptors (Lipinski definition) is 2. The van der Waals surface area contributed by atoms with E-state index in [4.69, 9.17) is 5.73 Å². The second-order valence-electron chi connectivity index (χ2n) is 2.98. The lowest BCUT2D eigenvalue weighted by atomic mass is 9.97. The third kappa shape index (κ3) is 2.10. The molecule has 2 nitrogen and oxygen atoms in total. The summed E-state index contributed by atoms with van der Waals surface area (Å²) in [5, 5.41) is 2.93. The van der Waals surface area contributed by atoms with Crippen LogP contribution in [0.3, 0.4) is 0 Å². The van der Waals surface area contributed by atoms with E-state index in [9.17, 15) is 8.78 Å². The molecule has 1 rings (SSSR count). The molecular formula is C7H14F2N2. The second kappa shape index (κ2) is 3.45. The summed E-state index contributed by atoms with van der Waals surface area (Å²) in [6, 6.07) is 0. The summed E-state index contributed by atoms with van der Waals surface area (Å²) in [5.74, 6) is -3.18. The molecule has 0 aromatic heterocycles. The van der Waals surface area contributed by atoms with Gasteiger partial charge in [-0.05, 0) is 13.0 Å². The Morgan fingerprint density at radius 3 is 2.82 bits per heavy atom. The molecule has 0 bridgehead atoms. The molecule has 0 aliphatic carbocycles. The Morgan fingerprint density at radius 1 is 1.45 bits per heavy atom. The van der Waals surface area contributed by atoms with Crippen LogP contribution in [0.4, 0.5) is 8.78 Å². The smallest absolute Gasteiger partial charge is 0.253 e. The Morgan fingerprint density at radius 2 is 2.18 bits per heavy atom. The molecule has 66 valence electrons. The number of hydrogen-bond donors (Lipinski definition) is 2. The molecule has 0 saturated carbocycles. The lowest BCUT2D eigenvalue weighted by molar-refractivity contribution is -0.0567. The van der Waals surface area contributed by atoms with Crippen LogP contribution >= 0.6 is 0 Å². The second-order valence-corrected chi connectivity index (χ2v) is 2.98. The molecule has 1 atom stereocenters. The highest BCUT2D eigenvalue weighted by molar-refractivity contribution is 4.82. The van der Waals surface area contributed by atoms with Crippen molar-refractivity contribution in [3.05, 3.63) is 0 Å². The highest BCUT2D eigenvalue weighted by Crippen LogP contribution is 2.30. The molecule has 1 saturated heterocycles. The topological polar surface area (TPSA) is 38.0 Å². The van der Waals surface area contributed by atoms with E-state index in [2.05, 4.69) is 5.32 Å². The van der Waals surface area contributed by atoms with Gasteiger partial charge in [0.05, 0.1) is 0 Å². The SMILES string of the molecule is NCC1CCNCCC1(F)F. The molecule has 0 aromatic rings. The van der Waals surface area contributed by atoms with Crippen molar-refractivity contribution in [2.45, 2.75) is 18.8 Å². The summed E-state index contributed by atoms with van der Waals surface area (Å²) >= 11 is 0. The molecule has 1 unspecified atom stereocenters. The van der Waals surface area contributed by atoms with Gasteiger partial charge in [0, 0.05) is 25.4 Å². The fourth-order valence-electron chi connectivity index (χ4n) is 1.36. The van der Waals surface area contributed by atoms with E-state index < -0.39 is 11.8 Å². The van der Waals surface area contributed by atoms with Gasteiger partial charge in [-0.1, -0.05) is 0 Å². The fraction of sp³-hybridized carbons (Fsp3) is 1.00. The van der Waals surface area contributed by atoms with Crippen LogP contribution in [0.2, 0.25) is 0 Å². The Labute approximate surface area is 65.1 Å². The van der Waals surface area contributed by atoms with Crippen LogP contribution in [0.5, 0.6) is 0 Å². The molecule has 4 heteroatoms. The largest absolute Gasteiger partial charge is 0.330 e.